The monoisotopic (exact) mass is 250 g/mol. The van der Waals surface area contributed by atoms with E-state index in [4.69, 9.17) is 9.47 Å². The average Bonchev–Trinajstić information content (AvgIpc) is 1.94. The molecule has 0 aromatic heterocycles. The molecule has 0 saturated carbocycles. The predicted molar refractivity (Wildman–Crippen MR) is 52.9 cm³/mol. The Morgan fingerprint density at radius 2 is 2.15 bits per heavy atom. The Labute approximate surface area is 86.9 Å². The third kappa shape index (κ3) is 2.95. The highest BCUT2D eigenvalue weighted by Crippen LogP contribution is 2.28. The van der Waals surface area contributed by atoms with Crippen molar-refractivity contribution in [3.8, 4) is 0 Å². The van der Waals surface area contributed by atoms with E-state index in [1.165, 1.54) is 0 Å². The van der Waals surface area contributed by atoms with E-state index in [2.05, 4.69) is 15.9 Å². The molecule has 0 radical (unpaired) electrons. The van der Waals surface area contributed by atoms with Gasteiger partial charge in [0.1, 0.15) is 12.0 Å². The van der Waals surface area contributed by atoms with Crippen LogP contribution in [-0.4, -0.2) is 30.1 Å². The average molecular weight is 251 g/mol. The quantitative estimate of drug-likeness (QED) is 0.566. The van der Waals surface area contributed by atoms with E-state index in [-0.39, 0.29) is 10.3 Å². The maximum atomic E-state index is 11.5. The highest BCUT2D eigenvalue weighted by atomic mass is 79.9. The van der Waals surface area contributed by atoms with E-state index >= 15 is 0 Å². The first kappa shape index (κ1) is 11.0. The van der Waals surface area contributed by atoms with Crippen molar-refractivity contribution in [3.05, 3.63) is 0 Å². The van der Waals surface area contributed by atoms with Gasteiger partial charge < -0.3 is 9.47 Å². The van der Waals surface area contributed by atoms with Gasteiger partial charge in [-0.1, -0.05) is 15.9 Å². The minimum absolute atomic E-state index is 0.149. The van der Waals surface area contributed by atoms with E-state index in [0.717, 1.165) is 0 Å². The fourth-order valence-electron chi connectivity index (χ4n) is 0.937. The Kier molecular flexibility index (Phi) is 3.02. The molecule has 1 rings (SSSR count). The predicted octanol–water partition coefficient (Wildman–Crippen LogP) is 1.74. The van der Waals surface area contributed by atoms with Crippen molar-refractivity contribution in [3.63, 3.8) is 0 Å². The second-order valence-corrected chi connectivity index (χ2v) is 6.50. The van der Waals surface area contributed by atoms with E-state index < -0.39 is 5.41 Å². The van der Waals surface area contributed by atoms with Crippen molar-refractivity contribution in [2.75, 3.05) is 19.8 Å². The first-order valence-electron chi connectivity index (χ1n) is 4.27. The fourth-order valence-corrected chi connectivity index (χ4v) is 1.05. The molecule has 0 aromatic carbocycles. The molecule has 0 atom stereocenters. The van der Waals surface area contributed by atoms with Gasteiger partial charge in [0.05, 0.1) is 17.5 Å². The summed E-state index contributed by atoms with van der Waals surface area (Å²) >= 11 is 3.41. The van der Waals surface area contributed by atoms with Crippen molar-refractivity contribution in [2.24, 2.45) is 5.41 Å². The van der Waals surface area contributed by atoms with Gasteiger partial charge in [0.15, 0.2) is 0 Å². The van der Waals surface area contributed by atoms with Gasteiger partial charge in [-0.15, -0.1) is 0 Å². The second kappa shape index (κ2) is 3.58. The first-order chi connectivity index (χ1) is 5.83. The second-order valence-electron chi connectivity index (χ2n) is 4.35. The van der Waals surface area contributed by atoms with Crippen LogP contribution < -0.4 is 0 Å². The maximum absolute atomic E-state index is 11.5. The van der Waals surface area contributed by atoms with Crippen LogP contribution in [0.3, 0.4) is 0 Å². The van der Waals surface area contributed by atoms with Gasteiger partial charge in [0.25, 0.3) is 0 Å². The normalized spacial score (nSPS) is 20.6. The van der Waals surface area contributed by atoms with Gasteiger partial charge >= 0.3 is 5.97 Å². The summed E-state index contributed by atoms with van der Waals surface area (Å²) in [7, 11) is 0. The van der Waals surface area contributed by atoms with E-state index in [9.17, 15) is 4.79 Å². The van der Waals surface area contributed by atoms with E-state index in [1.807, 2.05) is 20.8 Å². The zero-order valence-corrected chi connectivity index (χ0v) is 9.81. The lowest BCUT2D eigenvalue weighted by molar-refractivity contribution is -0.182. The van der Waals surface area contributed by atoms with Crippen LogP contribution in [0.5, 0.6) is 0 Å². The minimum Gasteiger partial charge on any atom is -0.464 e. The van der Waals surface area contributed by atoms with Gasteiger partial charge in [0, 0.05) is 0 Å². The summed E-state index contributed by atoms with van der Waals surface area (Å²) in [5.41, 5.74) is -0.405. The Balaban J connectivity index is 2.34. The van der Waals surface area contributed by atoms with Gasteiger partial charge in [-0.2, -0.15) is 0 Å². The van der Waals surface area contributed by atoms with Crippen LogP contribution in [0.4, 0.5) is 0 Å². The summed E-state index contributed by atoms with van der Waals surface area (Å²) in [6.07, 6.45) is 0. The van der Waals surface area contributed by atoms with Crippen LogP contribution in [0.15, 0.2) is 0 Å². The molecule has 0 bridgehead atoms. The van der Waals surface area contributed by atoms with Crippen LogP contribution in [0.2, 0.25) is 0 Å². The highest BCUT2D eigenvalue weighted by Gasteiger charge is 2.43. The molecule has 1 fully saturated rings. The fraction of sp³-hybridized carbons (Fsp3) is 0.889. The zero-order valence-electron chi connectivity index (χ0n) is 8.22. The molecule has 1 heterocycles. The smallest absolute Gasteiger partial charge is 0.316 e. The van der Waals surface area contributed by atoms with Crippen molar-refractivity contribution >= 4 is 21.9 Å². The third-order valence-corrected chi connectivity index (χ3v) is 2.11. The molecule has 1 aliphatic heterocycles. The molecule has 0 amide bonds. The number of carbonyl (C=O) groups is 1. The van der Waals surface area contributed by atoms with Crippen molar-refractivity contribution in [1.82, 2.24) is 0 Å². The number of rotatable bonds is 3. The lowest BCUT2D eigenvalue weighted by Crippen LogP contribution is -2.48. The van der Waals surface area contributed by atoms with Gasteiger partial charge in [-0.3, -0.25) is 4.79 Å². The van der Waals surface area contributed by atoms with Crippen molar-refractivity contribution in [1.29, 1.82) is 0 Å². The third-order valence-electron chi connectivity index (χ3n) is 1.88. The number of esters is 1. The Hall–Kier alpha value is -0.0900. The Bertz CT molecular complexity index is 203. The molecular formula is C9H15BrO3. The molecule has 13 heavy (non-hydrogen) atoms. The van der Waals surface area contributed by atoms with Gasteiger partial charge in [-0.25, -0.2) is 0 Å². The van der Waals surface area contributed by atoms with Crippen LogP contribution in [0.1, 0.15) is 20.8 Å². The molecule has 1 aliphatic rings. The summed E-state index contributed by atoms with van der Waals surface area (Å²) in [5.74, 6) is -0.161. The van der Waals surface area contributed by atoms with Crippen molar-refractivity contribution < 1.29 is 14.3 Å². The molecule has 0 N–H and O–H groups in total. The Morgan fingerprint density at radius 1 is 1.62 bits per heavy atom. The molecule has 4 heteroatoms. The standard InChI is InChI=1S/C9H15BrO3/c1-8(2,10)4-13-7(11)9(3)5-12-6-9/h4-6H2,1-3H3. The molecular weight excluding hydrogens is 236 g/mol. The van der Waals surface area contributed by atoms with E-state index in [1.54, 1.807) is 0 Å². The Morgan fingerprint density at radius 3 is 2.46 bits per heavy atom. The van der Waals surface area contributed by atoms with Gasteiger partial charge in [-0.05, 0) is 20.8 Å². The first-order valence-corrected chi connectivity index (χ1v) is 5.07. The zero-order chi connectivity index (χ0) is 10.1. The number of ether oxygens (including phenoxy) is 2. The summed E-state index contributed by atoms with van der Waals surface area (Å²) in [6.45, 7) is 7.13. The lowest BCUT2D eigenvalue weighted by atomic mass is 9.89. The molecule has 0 spiro atoms. The highest BCUT2D eigenvalue weighted by molar-refractivity contribution is 9.10. The van der Waals surface area contributed by atoms with Crippen LogP contribution in [-0.2, 0) is 14.3 Å². The van der Waals surface area contributed by atoms with Crippen molar-refractivity contribution in [2.45, 2.75) is 25.1 Å². The molecule has 0 unspecified atom stereocenters. The molecule has 0 aromatic rings. The maximum Gasteiger partial charge on any atom is 0.316 e. The van der Waals surface area contributed by atoms with Gasteiger partial charge in [0.2, 0.25) is 0 Å². The number of hydrogen-bond acceptors (Lipinski definition) is 3. The van der Waals surface area contributed by atoms with Crippen LogP contribution in [0.25, 0.3) is 0 Å². The number of alkyl halides is 1. The minimum atomic E-state index is -0.405. The van der Waals surface area contributed by atoms with Crippen LogP contribution in [0, 0.1) is 5.41 Å². The van der Waals surface area contributed by atoms with E-state index in [0.29, 0.717) is 19.8 Å². The largest absolute Gasteiger partial charge is 0.464 e. The molecule has 76 valence electrons. The molecule has 0 aliphatic carbocycles. The number of carbonyl (C=O) groups excluding carboxylic acids is 1. The van der Waals surface area contributed by atoms with Crippen LogP contribution >= 0.6 is 15.9 Å². The summed E-state index contributed by atoms with van der Waals surface area (Å²) < 4.78 is 9.98. The SMILES string of the molecule is CC(C)(Br)COC(=O)C1(C)COC1. The summed E-state index contributed by atoms with van der Waals surface area (Å²) in [4.78, 5) is 11.5. The summed E-state index contributed by atoms with van der Waals surface area (Å²) in [6, 6.07) is 0. The molecule has 3 nitrogen and oxygen atoms in total. The number of halogens is 1. The topological polar surface area (TPSA) is 35.5 Å². The number of hydrogen-bond donors (Lipinski definition) is 0. The molecule has 1 saturated heterocycles. The lowest BCUT2D eigenvalue weighted by Gasteiger charge is -2.35. The summed E-state index contributed by atoms with van der Waals surface area (Å²) in [5, 5.41) is 0.